The number of imide groups is 2. The maximum atomic E-state index is 14.4. The molecule has 2 aromatic rings. The van der Waals surface area contributed by atoms with Gasteiger partial charge < -0.3 is 9.47 Å². The number of benzene rings is 2. The van der Waals surface area contributed by atoms with E-state index in [0.717, 1.165) is 24.8 Å². The van der Waals surface area contributed by atoms with E-state index in [1.165, 1.54) is 9.80 Å². The summed E-state index contributed by atoms with van der Waals surface area (Å²) < 4.78 is 11.6. The zero-order valence-corrected chi connectivity index (χ0v) is 22.7. The molecule has 4 aliphatic carbocycles. The minimum atomic E-state index is -0.855. The predicted molar refractivity (Wildman–Crippen MR) is 147 cm³/mol. The third kappa shape index (κ3) is 3.07. The van der Waals surface area contributed by atoms with Gasteiger partial charge in [0.25, 0.3) is 0 Å². The van der Waals surface area contributed by atoms with Crippen molar-refractivity contribution in [1.29, 1.82) is 0 Å². The van der Waals surface area contributed by atoms with Crippen molar-refractivity contribution in [3.63, 3.8) is 0 Å². The van der Waals surface area contributed by atoms with Crippen LogP contribution in [-0.2, 0) is 19.2 Å². The number of amides is 4. The van der Waals surface area contributed by atoms with Gasteiger partial charge in [-0.1, -0.05) is 42.3 Å². The number of hydrogen-bond acceptors (Lipinski definition) is 6. The van der Waals surface area contributed by atoms with Crippen molar-refractivity contribution >= 4 is 35.0 Å². The SMILES string of the molecule is CCOc1ccccc1N1C(=O)[C@@H]2C3C=C4CCCCC4([C@@H]2C1=O)[C@H]1C(=O)N(c2ccccc2OCC)C(=O)[C@@H]31. The Morgan fingerprint density at radius 1 is 0.725 bits per heavy atom. The van der Waals surface area contributed by atoms with E-state index in [-0.39, 0.29) is 23.6 Å². The summed E-state index contributed by atoms with van der Waals surface area (Å²) in [6, 6.07) is 14.2. The molecule has 206 valence electrons. The molecule has 2 saturated heterocycles. The molecule has 2 aromatic carbocycles. The Morgan fingerprint density at radius 3 is 1.73 bits per heavy atom. The molecule has 2 bridgehead atoms. The van der Waals surface area contributed by atoms with Gasteiger partial charge >= 0.3 is 0 Å². The number of allylic oxidation sites excluding steroid dienone is 2. The van der Waals surface area contributed by atoms with Gasteiger partial charge in [0.2, 0.25) is 23.6 Å². The summed E-state index contributed by atoms with van der Waals surface area (Å²) in [4.78, 5) is 59.8. The lowest BCUT2D eigenvalue weighted by molar-refractivity contribution is -0.151. The molecule has 40 heavy (non-hydrogen) atoms. The molecule has 4 amide bonds. The third-order valence-electron chi connectivity index (χ3n) is 9.73. The molecule has 0 aromatic heterocycles. The lowest BCUT2D eigenvalue weighted by Gasteiger charge is -2.58. The minimum absolute atomic E-state index is 0.286. The quantitative estimate of drug-likeness (QED) is 0.395. The average Bonchev–Trinajstić information content (AvgIpc) is 3.40. The molecule has 8 rings (SSSR count). The Bertz CT molecular complexity index is 1390. The van der Waals surface area contributed by atoms with Gasteiger partial charge in [-0.2, -0.15) is 0 Å². The molecular weight excluding hydrogens is 508 g/mol. The van der Waals surface area contributed by atoms with E-state index in [4.69, 9.17) is 9.47 Å². The first-order chi connectivity index (χ1) is 19.5. The van der Waals surface area contributed by atoms with Gasteiger partial charge in [0.1, 0.15) is 11.5 Å². The van der Waals surface area contributed by atoms with Crippen LogP contribution in [0.15, 0.2) is 60.2 Å². The number of nitrogens with zero attached hydrogens (tertiary/aromatic N) is 2. The van der Waals surface area contributed by atoms with Crippen LogP contribution in [0.1, 0.15) is 39.5 Å². The van der Waals surface area contributed by atoms with Crippen LogP contribution in [-0.4, -0.2) is 36.8 Å². The molecule has 8 heteroatoms. The fraction of sp³-hybridized carbons (Fsp3) is 0.438. The molecule has 2 heterocycles. The molecule has 6 aliphatic rings. The predicted octanol–water partition coefficient (Wildman–Crippen LogP) is 4.53. The van der Waals surface area contributed by atoms with Crippen LogP contribution in [0.2, 0.25) is 0 Å². The summed E-state index contributed by atoms with van der Waals surface area (Å²) in [7, 11) is 0. The standard InChI is InChI=1S/C32H32N2O6/c1-3-39-22-14-7-5-12-20(22)33-28(35)24-19-17-18-11-9-10-16-32(18,26(24)30(33)37)27-25(19)29(36)34(31(27)38)21-13-6-8-15-23(21)40-4-2/h5-8,12-15,17,19,24-27H,3-4,9-11,16H2,1-2H3/t19?,24-,25+,26+,27-,32?. The molecule has 2 unspecified atom stereocenters. The van der Waals surface area contributed by atoms with E-state index in [9.17, 15) is 19.2 Å². The van der Waals surface area contributed by atoms with Gasteiger partial charge in [-0.05, 0) is 57.4 Å². The zero-order chi connectivity index (χ0) is 27.8. The van der Waals surface area contributed by atoms with Crippen molar-refractivity contribution < 1.29 is 28.7 Å². The summed E-state index contributed by atoms with van der Waals surface area (Å²) in [5, 5.41) is 0. The highest BCUT2D eigenvalue weighted by molar-refractivity contribution is 6.27. The van der Waals surface area contributed by atoms with Crippen molar-refractivity contribution in [1.82, 2.24) is 0 Å². The first kappa shape index (κ1) is 25.1. The molecule has 0 N–H and O–H groups in total. The molecular formula is C32H32N2O6. The van der Waals surface area contributed by atoms with Crippen molar-refractivity contribution in [3.8, 4) is 11.5 Å². The fourth-order valence-electron chi connectivity index (χ4n) is 8.49. The summed E-state index contributed by atoms with van der Waals surface area (Å²) >= 11 is 0. The van der Waals surface area contributed by atoms with Crippen molar-refractivity contribution in [2.45, 2.75) is 39.5 Å². The van der Waals surface area contributed by atoms with E-state index in [0.29, 0.717) is 42.5 Å². The Hall–Kier alpha value is -3.94. The highest BCUT2D eigenvalue weighted by atomic mass is 16.5. The molecule has 2 aliphatic heterocycles. The number of carbonyl (C=O) groups is 4. The number of para-hydroxylation sites is 4. The van der Waals surface area contributed by atoms with Crippen LogP contribution in [0, 0.1) is 35.0 Å². The number of carbonyl (C=O) groups excluding carboxylic acids is 4. The van der Waals surface area contributed by atoms with Crippen molar-refractivity contribution in [3.05, 3.63) is 60.2 Å². The van der Waals surface area contributed by atoms with E-state index >= 15 is 0 Å². The minimum Gasteiger partial charge on any atom is -0.492 e. The van der Waals surface area contributed by atoms with Gasteiger partial charge in [-0.25, -0.2) is 9.80 Å². The number of ether oxygens (including phenoxy) is 2. The van der Waals surface area contributed by atoms with E-state index in [1.54, 1.807) is 36.4 Å². The Labute approximate surface area is 232 Å². The van der Waals surface area contributed by atoms with Crippen LogP contribution < -0.4 is 19.3 Å². The second-order valence-corrected chi connectivity index (χ2v) is 11.3. The van der Waals surface area contributed by atoms with Crippen molar-refractivity contribution in [2.24, 2.45) is 35.0 Å². The first-order valence-corrected chi connectivity index (χ1v) is 14.4. The summed E-state index contributed by atoms with van der Waals surface area (Å²) in [6.07, 6.45) is 5.27. The monoisotopic (exact) mass is 540 g/mol. The average molecular weight is 541 g/mol. The Kier molecular flexibility index (Phi) is 5.67. The largest absolute Gasteiger partial charge is 0.492 e. The van der Waals surface area contributed by atoms with Crippen molar-refractivity contribution in [2.75, 3.05) is 23.0 Å². The molecule has 2 saturated carbocycles. The second-order valence-electron chi connectivity index (χ2n) is 11.3. The smallest absolute Gasteiger partial charge is 0.238 e. The van der Waals surface area contributed by atoms with E-state index < -0.39 is 35.0 Å². The molecule has 4 fully saturated rings. The lowest BCUT2D eigenvalue weighted by Crippen LogP contribution is -2.60. The highest BCUT2D eigenvalue weighted by Gasteiger charge is 2.76. The van der Waals surface area contributed by atoms with Gasteiger partial charge in [0.05, 0.1) is 48.3 Å². The zero-order valence-electron chi connectivity index (χ0n) is 22.7. The number of anilines is 2. The second kappa shape index (κ2) is 9.04. The van der Waals surface area contributed by atoms with E-state index in [2.05, 4.69) is 6.08 Å². The highest BCUT2D eigenvalue weighted by Crippen LogP contribution is 2.70. The van der Waals surface area contributed by atoms with Crippen LogP contribution >= 0.6 is 0 Å². The topological polar surface area (TPSA) is 93.2 Å². The van der Waals surface area contributed by atoms with Crippen LogP contribution in [0.3, 0.4) is 0 Å². The Morgan fingerprint density at radius 2 is 1.23 bits per heavy atom. The molecule has 0 radical (unpaired) electrons. The summed E-state index contributed by atoms with van der Waals surface area (Å²) in [5.74, 6) is -3.51. The van der Waals surface area contributed by atoms with Gasteiger partial charge in [-0.15, -0.1) is 0 Å². The van der Waals surface area contributed by atoms with Crippen LogP contribution in [0.4, 0.5) is 11.4 Å². The lowest BCUT2D eigenvalue weighted by atomic mass is 9.41. The Balaban J connectivity index is 1.37. The maximum absolute atomic E-state index is 14.4. The fourth-order valence-corrected chi connectivity index (χ4v) is 8.49. The van der Waals surface area contributed by atoms with Crippen LogP contribution in [0.5, 0.6) is 11.5 Å². The number of rotatable bonds is 6. The van der Waals surface area contributed by atoms with Gasteiger partial charge in [0.15, 0.2) is 0 Å². The molecule has 8 nitrogen and oxygen atoms in total. The molecule has 1 spiro atoms. The summed E-state index contributed by atoms with van der Waals surface area (Å²) in [5.41, 5.74) is 1.08. The van der Waals surface area contributed by atoms with Crippen LogP contribution in [0.25, 0.3) is 0 Å². The maximum Gasteiger partial charge on any atom is 0.238 e. The number of hydrogen-bond donors (Lipinski definition) is 0. The third-order valence-corrected chi connectivity index (χ3v) is 9.73. The first-order valence-electron chi connectivity index (χ1n) is 14.4. The van der Waals surface area contributed by atoms with E-state index in [1.807, 2.05) is 26.0 Å². The van der Waals surface area contributed by atoms with Gasteiger partial charge in [0, 0.05) is 11.3 Å². The summed E-state index contributed by atoms with van der Waals surface area (Å²) in [6.45, 7) is 4.50. The van der Waals surface area contributed by atoms with Gasteiger partial charge in [-0.3, -0.25) is 19.2 Å². The molecule has 6 atom stereocenters. The normalized spacial score (nSPS) is 32.1.